The van der Waals surface area contributed by atoms with Crippen LogP contribution in [0.1, 0.15) is 27.1 Å². The number of halogens is 3. The van der Waals surface area contributed by atoms with E-state index in [1.807, 2.05) is 18.2 Å². The maximum absolute atomic E-state index is 13.5. The first kappa shape index (κ1) is 22.7. The maximum Gasteiger partial charge on any atom is 0.259 e. The van der Waals surface area contributed by atoms with Gasteiger partial charge in [-0.25, -0.2) is 4.39 Å². The molecule has 1 saturated carbocycles. The van der Waals surface area contributed by atoms with Gasteiger partial charge in [-0.1, -0.05) is 29.3 Å². The highest BCUT2D eigenvalue weighted by Gasteiger charge is 2.45. The SMILES string of the molecule is CN(C(=O)c1ccc(F)cc1Cl)c1ccc(-c2cc(C(N)=O)ccc2Cl)cc1N1CC2CC2C1. The highest BCUT2D eigenvalue weighted by molar-refractivity contribution is 6.34. The van der Waals surface area contributed by atoms with Crippen molar-refractivity contribution in [2.75, 3.05) is 29.9 Å². The molecule has 5 rings (SSSR count). The van der Waals surface area contributed by atoms with E-state index < -0.39 is 11.7 Å². The standard InChI is InChI=1S/C26H22Cl2FN3O2/c1-31(26(34)19-5-4-18(29)11-22(19)28)23-7-3-14(10-24(23)32-12-16-8-17(16)13-32)20-9-15(25(30)33)2-6-21(20)27/h2-7,9-11,16-17H,8,12-13H2,1H3,(H2,30,33). The lowest BCUT2D eigenvalue weighted by Gasteiger charge is -2.29. The van der Waals surface area contributed by atoms with Gasteiger partial charge in [-0.15, -0.1) is 0 Å². The van der Waals surface area contributed by atoms with Crippen molar-refractivity contribution in [3.63, 3.8) is 0 Å². The van der Waals surface area contributed by atoms with Crippen LogP contribution in [0.25, 0.3) is 11.1 Å². The Hall–Kier alpha value is -3.09. The highest BCUT2D eigenvalue weighted by Crippen LogP contribution is 2.48. The Morgan fingerprint density at radius 3 is 2.41 bits per heavy atom. The van der Waals surface area contributed by atoms with Gasteiger partial charge >= 0.3 is 0 Å². The number of amides is 2. The lowest BCUT2D eigenvalue weighted by molar-refractivity contribution is 0.0988. The smallest absolute Gasteiger partial charge is 0.259 e. The average molecular weight is 498 g/mol. The number of anilines is 2. The van der Waals surface area contributed by atoms with Crippen LogP contribution in [-0.4, -0.2) is 32.0 Å². The van der Waals surface area contributed by atoms with Crippen LogP contribution in [-0.2, 0) is 0 Å². The first-order chi connectivity index (χ1) is 16.2. The van der Waals surface area contributed by atoms with Crippen LogP contribution >= 0.6 is 23.2 Å². The van der Waals surface area contributed by atoms with Crippen molar-refractivity contribution < 1.29 is 14.0 Å². The Labute approximate surface area is 206 Å². The molecule has 2 amide bonds. The Balaban J connectivity index is 1.57. The fourth-order valence-corrected chi connectivity index (χ4v) is 5.15. The van der Waals surface area contributed by atoms with E-state index in [0.717, 1.165) is 30.4 Å². The monoisotopic (exact) mass is 497 g/mol. The van der Waals surface area contributed by atoms with Crippen molar-refractivity contribution in [1.82, 2.24) is 0 Å². The number of rotatable bonds is 5. The molecule has 0 bridgehead atoms. The molecular weight excluding hydrogens is 476 g/mol. The fourth-order valence-electron chi connectivity index (χ4n) is 4.68. The number of hydrogen-bond donors (Lipinski definition) is 1. The van der Waals surface area contributed by atoms with Crippen molar-refractivity contribution in [2.45, 2.75) is 6.42 Å². The van der Waals surface area contributed by atoms with Gasteiger partial charge in [0.15, 0.2) is 0 Å². The molecule has 34 heavy (non-hydrogen) atoms. The quantitative estimate of drug-likeness (QED) is 0.496. The number of nitrogens with two attached hydrogens (primary N) is 1. The van der Waals surface area contributed by atoms with Crippen molar-refractivity contribution in [2.24, 2.45) is 17.6 Å². The van der Waals surface area contributed by atoms with Crippen molar-refractivity contribution >= 4 is 46.4 Å². The van der Waals surface area contributed by atoms with E-state index in [2.05, 4.69) is 4.90 Å². The minimum Gasteiger partial charge on any atom is -0.369 e. The van der Waals surface area contributed by atoms with Gasteiger partial charge in [0.25, 0.3) is 5.91 Å². The third-order valence-electron chi connectivity index (χ3n) is 6.68. The third kappa shape index (κ3) is 4.12. The summed E-state index contributed by atoms with van der Waals surface area (Å²) in [6.45, 7) is 1.82. The molecule has 1 aliphatic carbocycles. The van der Waals surface area contributed by atoms with E-state index in [1.165, 1.54) is 23.5 Å². The largest absolute Gasteiger partial charge is 0.369 e. The predicted molar refractivity (Wildman–Crippen MR) is 133 cm³/mol. The molecule has 1 saturated heterocycles. The van der Waals surface area contributed by atoms with E-state index in [1.54, 1.807) is 25.2 Å². The summed E-state index contributed by atoms with van der Waals surface area (Å²) >= 11 is 12.6. The Morgan fingerprint density at radius 1 is 1.00 bits per heavy atom. The lowest BCUT2D eigenvalue weighted by Crippen LogP contribution is -2.30. The van der Waals surface area contributed by atoms with Gasteiger partial charge < -0.3 is 15.5 Å². The second-order valence-corrected chi connectivity index (χ2v) is 9.73. The van der Waals surface area contributed by atoms with Gasteiger partial charge in [-0.3, -0.25) is 9.59 Å². The van der Waals surface area contributed by atoms with Crippen molar-refractivity contribution in [3.05, 3.63) is 81.6 Å². The second kappa shape index (κ2) is 8.60. The number of fused-ring (bicyclic) bond motifs is 1. The summed E-state index contributed by atoms with van der Waals surface area (Å²) in [5.74, 6) is -0.0229. The van der Waals surface area contributed by atoms with E-state index in [0.29, 0.717) is 33.7 Å². The zero-order valence-corrected chi connectivity index (χ0v) is 19.9. The van der Waals surface area contributed by atoms with Crippen LogP contribution in [0.2, 0.25) is 10.0 Å². The van der Waals surface area contributed by atoms with Gasteiger partial charge in [-0.2, -0.15) is 0 Å². The number of nitrogens with zero attached hydrogens (tertiary/aromatic N) is 2. The number of piperidine rings is 1. The van der Waals surface area contributed by atoms with Crippen LogP contribution in [0.3, 0.4) is 0 Å². The Morgan fingerprint density at radius 2 is 1.74 bits per heavy atom. The summed E-state index contributed by atoms with van der Waals surface area (Å²) in [4.78, 5) is 28.8. The van der Waals surface area contributed by atoms with Crippen LogP contribution in [0.4, 0.5) is 15.8 Å². The molecule has 2 fully saturated rings. The van der Waals surface area contributed by atoms with Crippen molar-refractivity contribution in [3.8, 4) is 11.1 Å². The third-order valence-corrected chi connectivity index (χ3v) is 7.33. The Kier molecular flexibility index (Phi) is 5.74. The Bertz CT molecular complexity index is 1320. The molecule has 2 N–H and O–H groups in total. The molecule has 2 aliphatic rings. The van der Waals surface area contributed by atoms with E-state index in [4.69, 9.17) is 28.9 Å². The van der Waals surface area contributed by atoms with Crippen LogP contribution in [0.15, 0.2) is 54.6 Å². The van der Waals surface area contributed by atoms with Gasteiger partial charge in [0, 0.05) is 36.3 Å². The van der Waals surface area contributed by atoms with Gasteiger partial charge in [0.1, 0.15) is 5.82 Å². The van der Waals surface area contributed by atoms with E-state index in [-0.39, 0.29) is 16.5 Å². The molecule has 1 aliphatic heterocycles. The zero-order valence-electron chi connectivity index (χ0n) is 18.4. The summed E-state index contributed by atoms with van der Waals surface area (Å²) < 4.78 is 13.5. The van der Waals surface area contributed by atoms with Crippen LogP contribution in [0, 0.1) is 17.7 Å². The molecule has 2 atom stereocenters. The molecule has 0 aromatic heterocycles. The molecular formula is C26H22Cl2FN3O2. The molecule has 3 aromatic rings. The van der Waals surface area contributed by atoms with Gasteiger partial charge in [-0.05, 0) is 72.4 Å². The van der Waals surface area contributed by atoms with E-state index >= 15 is 0 Å². The first-order valence-electron chi connectivity index (χ1n) is 10.9. The topological polar surface area (TPSA) is 66.6 Å². The number of carbonyl (C=O) groups excluding carboxylic acids is 2. The number of benzene rings is 3. The predicted octanol–water partition coefficient (Wildman–Crippen LogP) is 5.63. The van der Waals surface area contributed by atoms with Crippen LogP contribution < -0.4 is 15.5 Å². The molecule has 0 radical (unpaired) electrons. The summed E-state index contributed by atoms with van der Waals surface area (Å²) in [7, 11) is 1.68. The maximum atomic E-state index is 13.5. The lowest BCUT2D eigenvalue weighted by atomic mass is 10.0. The molecule has 174 valence electrons. The van der Waals surface area contributed by atoms with Crippen molar-refractivity contribution in [1.29, 1.82) is 0 Å². The minimum absolute atomic E-state index is 0.0625. The highest BCUT2D eigenvalue weighted by atomic mass is 35.5. The molecule has 2 unspecified atom stereocenters. The second-order valence-electron chi connectivity index (χ2n) is 8.91. The van der Waals surface area contributed by atoms with E-state index in [9.17, 15) is 14.0 Å². The molecule has 0 spiro atoms. The first-order valence-corrected chi connectivity index (χ1v) is 11.7. The number of hydrogen-bond acceptors (Lipinski definition) is 3. The molecule has 1 heterocycles. The number of carbonyl (C=O) groups is 2. The van der Waals surface area contributed by atoms with Gasteiger partial charge in [0.05, 0.1) is 22.0 Å². The van der Waals surface area contributed by atoms with Gasteiger partial charge in [0.2, 0.25) is 5.91 Å². The zero-order chi connectivity index (χ0) is 24.1. The minimum atomic E-state index is -0.532. The molecule has 5 nitrogen and oxygen atoms in total. The van der Waals surface area contributed by atoms with Crippen LogP contribution in [0.5, 0.6) is 0 Å². The molecule has 3 aromatic carbocycles. The normalized spacial score (nSPS) is 18.5. The summed E-state index contributed by atoms with van der Waals surface area (Å²) in [5, 5.41) is 0.558. The average Bonchev–Trinajstić information content (AvgIpc) is 3.42. The fraction of sp³-hybridized carbons (Fsp3) is 0.231. The summed E-state index contributed by atoms with van der Waals surface area (Å²) in [6.07, 6.45) is 1.23. The summed E-state index contributed by atoms with van der Waals surface area (Å²) in [6, 6.07) is 14.4. The summed E-state index contributed by atoms with van der Waals surface area (Å²) in [5.41, 5.74) is 9.15. The molecule has 8 heteroatoms. The number of primary amides is 1.